The van der Waals surface area contributed by atoms with Crippen molar-refractivity contribution in [2.45, 2.75) is 19.0 Å². The van der Waals surface area contributed by atoms with E-state index in [1.807, 2.05) is 13.8 Å². The fraction of sp³-hybridized carbons (Fsp3) is 0.600. The second kappa shape index (κ2) is 6.39. The molecule has 1 aromatic heterocycles. The van der Waals surface area contributed by atoms with Crippen molar-refractivity contribution in [3.05, 3.63) is 12.2 Å². The van der Waals surface area contributed by atoms with E-state index in [1.54, 1.807) is 16.6 Å². The van der Waals surface area contributed by atoms with Gasteiger partial charge in [-0.3, -0.25) is 4.79 Å². The van der Waals surface area contributed by atoms with Crippen molar-refractivity contribution in [3.8, 4) is 0 Å². The molecule has 1 amide bonds. The lowest BCUT2D eigenvalue weighted by Crippen LogP contribution is -2.33. The SMILES string of the molecule is C=C(C)CN(CC)C(=O)CSc1nnnn1C. The van der Waals surface area contributed by atoms with Crippen molar-refractivity contribution in [2.75, 3.05) is 18.8 Å². The van der Waals surface area contributed by atoms with Crippen LogP contribution in [0, 0.1) is 0 Å². The molecule has 0 radical (unpaired) electrons. The number of rotatable bonds is 6. The molecule has 0 aliphatic carbocycles. The van der Waals surface area contributed by atoms with Gasteiger partial charge >= 0.3 is 0 Å². The van der Waals surface area contributed by atoms with Crippen LogP contribution in [0.1, 0.15) is 13.8 Å². The highest BCUT2D eigenvalue weighted by atomic mass is 32.2. The highest BCUT2D eigenvalue weighted by Crippen LogP contribution is 2.13. The van der Waals surface area contributed by atoms with Gasteiger partial charge in [-0.2, -0.15) is 0 Å². The molecule has 0 N–H and O–H groups in total. The summed E-state index contributed by atoms with van der Waals surface area (Å²) in [6.07, 6.45) is 0. The topological polar surface area (TPSA) is 63.9 Å². The first kappa shape index (κ1) is 13.7. The summed E-state index contributed by atoms with van der Waals surface area (Å²) in [5.74, 6) is 0.415. The quantitative estimate of drug-likeness (QED) is 0.554. The number of hydrogen-bond donors (Lipinski definition) is 0. The minimum atomic E-state index is 0.0727. The van der Waals surface area contributed by atoms with E-state index in [9.17, 15) is 4.79 Å². The highest BCUT2D eigenvalue weighted by Gasteiger charge is 2.13. The third-order valence-corrected chi connectivity index (χ3v) is 3.10. The average Bonchev–Trinajstić information content (AvgIpc) is 2.68. The molecule has 0 fully saturated rings. The summed E-state index contributed by atoms with van der Waals surface area (Å²) >= 11 is 1.34. The van der Waals surface area contributed by atoms with Crippen molar-refractivity contribution in [3.63, 3.8) is 0 Å². The summed E-state index contributed by atoms with van der Waals surface area (Å²) in [4.78, 5) is 13.7. The molecule has 1 heterocycles. The molecule has 6 nitrogen and oxygen atoms in total. The fourth-order valence-electron chi connectivity index (χ4n) is 1.26. The maximum absolute atomic E-state index is 11.9. The second-order valence-corrected chi connectivity index (χ2v) is 4.68. The van der Waals surface area contributed by atoms with Gasteiger partial charge in [-0.15, -0.1) is 5.10 Å². The predicted molar refractivity (Wildman–Crippen MR) is 66.6 cm³/mol. The maximum Gasteiger partial charge on any atom is 0.233 e. The molecule has 0 saturated heterocycles. The Kier molecular flexibility index (Phi) is 5.14. The molecule has 0 spiro atoms. The van der Waals surface area contributed by atoms with Gasteiger partial charge in [0.2, 0.25) is 11.1 Å². The lowest BCUT2D eigenvalue weighted by Gasteiger charge is -2.20. The Morgan fingerprint density at radius 2 is 2.29 bits per heavy atom. The maximum atomic E-state index is 11.9. The molecule has 1 aromatic rings. The van der Waals surface area contributed by atoms with E-state index >= 15 is 0 Å². The van der Waals surface area contributed by atoms with Gasteiger partial charge in [0, 0.05) is 20.1 Å². The van der Waals surface area contributed by atoms with E-state index in [1.165, 1.54) is 11.8 Å². The Balaban J connectivity index is 2.48. The minimum Gasteiger partial charge on any atom is -0.338 e. The van der Waals surface area contributed by atoms with Crippen LogP contribution in [0.15, 0.2) is 17.3 Å². The molecule has 0 saturated carbocycles. The Labute approximate surface area is 105 Å². The van der Waals surface area contributed by atoms with Crippen LogP contribution >= 0.6 is 11.8 Å². The number of aromatic nitrogens is 4. The van der Waals surface area contributed by atoms with E-state index in [2.05, 4.69) is 22.1 Å². The second-order valence-electron chi connectivity index (χ2n) is 3.74. The minimum absolute atomic E-state index is 0.0727. The predicted octanol–water partition coefficient (Wildman–Crippen LogP) is 0.727. The van der Waals surface area contributed by atoms with Gasteiger partial charge in [0.05, 0.1) is 5.75 Å². The third kappa shape index (κ3) is 4.18. The molecular formula is C10H17N5OS. The average molecular weight is 255 g/mol. The smallest absolute Gasteiger partial charge is 0.233 e. The summed E-state index contributed by atoms with van der Waals surface area (Å²) in [6.45, 7) is 8.97. The van der Waals surface area contributed by atoms with Crippen molar-refractivity contribution in [1.29, 1.82) is 0 Å². The number of carbonyl (C=O) groups excluding carboxylic acids is 1. The van der Waals surface area contributed by atoms with E-state index in [4.69, 9.17) is 0 Å². The monoisotopic (exact) mass is 255 g/mol. The van der Waals surface area contributed by atoms with E-state index in [0.717, 1.165) is 5.57 Å². The number of amides is 1. The van der Waals surface area contributed by atoms with Crippen molar-refractivity contribution >= 4 is 17.7 Å². The number of nitrogens with zero attached hydrogens (tertiary/aromatic N) is 5. The summed E-state index contributed by atoms with van der Waals surface area (Å²) in [5, 5.41) is 11.7. The summed E-state index contributed by atoms with van der Waals surface area (Å²) in [5.41, 5.74) is 0.977. The number of thioether (sulfide) groups is 1. The van der Waals surface area contributed by atoms with Crippen molar-refractivity contribution in [2.24, 2.45) is 7.05 Å². The number of carbonyl (C=O) groups is 1. The van der Waals surface area contributed by atoms with Crippen molar-refractivity contribution < 1.29 is 4.79 Å². The van der Waals surface area contributed by atoms with Gasteiger partial charge in [0.15, 0.2) is 0 Å². The number of tetrazole rings is 1. The first-order valence-electron chi connectivity index (χ1n) is 5.32. The summed E-state index contributed by atoms with van der Waals surface area (Å²) < 4.78 is 1.55. The Morgan fingerprint density at radius 1 is 1.59 bits per heavy atom. The first-order valence-corrected chi connectivity index (χ1v) is 6.30. The normalized spacial score (nSPS) is 10.3. The molecule has 7 heteroatoms. The first-order chi connectivity index (χ1) is 8.04. The van der Waals surface area contributed by atoms with Gasteiger partial charge in [-0.1, -0.05) is 23.9 Å². The van der Waals surface area contributed by atoms with Crippen LogP contribution < -0.4 is 0 Å². The van der Waals surface area contributed by atoms with Gasteiger partial charge in [-0.25, -0.2) is 4.68 Å². The fourth-order valence-corrected chi connectivity index (χ4v) is 2.02. The zero-order valence-corrected chi connectivity index (χ0v) is 11.2. The van der Waals surface area contributed by atoms with Crippen LogP contribution in [0.25, 0.3) is 0 Å². The molecule has 0 aromatic carbocycles. The number of aryl methyl sites for hydroxylation is 1. The molecule has 0 aliphatic heterocycles. The summed E-state index contributed by atoms with van der Waals surface area (Å²) in [6, 6.07) is 0. The van der Waals surface area contributed by atoms with Gasteiger partial charge < -0.3 is 4.90 Å². The van der Waals surface area contributed by atoms with E-state index < -0.39 is 0 Å². The van der Waals surface area contributed by atoms with Crippen LogP contribution in [-0.4, -0.2) is 49.9 Å². The zero-order valence-electron chi connectivity index (χ0n) is 10.4. The highest BCUT2D eigenvalue weighted by molar-refractivity contribution is 7.99. The van der Waals surface area contributed by atoms with Gasteiger partial charge in [0.25, 0.3) is 0 Å². The van der Waals surface area contributed by atoms with Crippen LogP contribution in [0.3, 0.4) is 0 Å². The lowest BCUT2D eigenvalue weighted by molar-refractivity contribution is -0.127. The number of likely N-dealkylation sites (N-methyl/N-ethyl adjacent to an activating group) is 1. The summed E-state index contributed by atoms with van der Waals surface area (Å²) in [7, 11) is 1.75. The van der Waals surface area contributed by atoms with Crippen LogP contribution in [-0.2, 0) is 11.8 Å². The molecule has 94 valence electrons. The molecule has 0 atom stereocenters. The molecule has 0 bridgehead atoms. The Hall–Kier alpha value is -1.37. The van der Waals surface area contributed by atoms with Crippen LogP contribution in [0.2, 0.25) is 0 Å². The van der Waals surface area contributed by atoms with E-state index in [-0.39, 0.29) is 5.91 Å². The van der Waals surface area contributed by atoms with Crippen LogP contribution in [0.4, 0.5) is 0 Å². The molecular weight excluding hydrogens is 238 g/mol. The third-order valence-electron chi connectivity index (χ3n) is 2.10. The van der Waals surface area contributed by atoms with Gasteiger partial charge in [0.1, 0.15) is 0 Å². The van der Waals surface area contributed by atoms with E-state index in [0.29, 0.717) is 24.0 Å². The molecule has 1 rings (SSSR count). The Bertz CT molecular complexity index is 403. The van der Waals surface area contributed by atoms with Crippen LogP contribution in [0.5, 0.6) is 0 Å². The standard InChI is InChI=1S/C10H17N5OS/c1-5-15(6-8(2)3)9(16)7-17-10-11-12-13-14(10)4/h2,5-7H2,1,3-4H3. The lowest BCUT2D eigenvalue weighted by atomic mass is 10.3. The van der Waals surface area contributed by atoms with Crippen molar-refractivity contribution in [1.82, 2.24) is 25.1 Å². The van der Waals surface area contributed by atoms with Gasteiger partial charge in [-0.05, 0) is 24.3 Å². The largest absolute Gasteiger partial charge is 0.338 e. The molecule has 0 aliphatic rings. The Morgan fingerprint density at radius 3 is 2.76 bits per heavy atom. The number of hydrogen-bond acceptors (Lipinski definition) is 5. The molecule has 0 unspecified atom stereocenters. The zero-order chi connectivity index (χ0) is 12.8. The molecule has 17 heavy (non-hydrogen) atoms.